The van der Waals surface area contributed by atoms with Crippen LogP contribution in [-0.2, 0) is 4.74 Å². The maximum Gasteiger partial charge on any atom is 0.163 e. The van der Waals surface area contributed by atoms with Crippen molar-refractivity contribution in [2.24, 2.45) is 0 Å². The van der Waals surface area contributed by atoms with Crippen LogP contribution in [0.5, 0.6) is 11.5 Å². The van der Waals surface area contributed by atoms with Crippen molar-refractivity contribution in [1.29, 1.82) is 0 Å². The summed E-state index contributed by atoms with van der Waals surface area (Å²) in [4.78, 5) is 10.9. The van der Waals surface area contributed by atoms with Crippen LogP contribution in [-0.4, -0.2) is 61.4 Å². The number of methoxy groups -OCH3 is 1. The molecule has 1 fully saturated rings. The van der Waals surface area contributed by atoms with E-state index in [9.17, 15) is 4.39 Å². The first-order valence-electron chi connectivity index (χ1n) is 10.3. The molecule has 176 valence electrons. The van der Waals surface area contributed by atoms with Gasteiger partial charge in [-0.15, -0.1) is 12.4 Å². The lowest BCUT2D eigenvalue weighted by molar-refractivity contribution is 0.0434. The Kier molecular flexibility index (Phi) is 9.08. The van der Waals surface area contributed by atoms with Crippen LogP contribution in [0.2, 0.25) is 5.02 Å². The molecule has 7 nitrogen and oxygen atoms in total. The minimum atomic E-state index is -0.472. The predicted molar refractivity (Wildman–Crippen MR) is 130 cm³/mol. The van der Waals surface area contributed by atoms with Crippen molar-refractivity contribution in [3.05, 3.63) is 59.7 Å². The first-order chi connectivity index (χ1) is 15.6. The number of nitrogens with one attached hydrogen (secondary N) is 1. The smallest absolute Gasteiger partial charge is 0.163 e. The molecule has 0 amide bonds. The molecule has 0 atom stereocenters. The zero-order valence-corrected chi connectivity index (χ0v) is 19.7. The van der Waals surface area contributed by atoms with Gasteiger partial charge in [0.25, 0.3) is 0 Å². The molecule has 1 aromatic heterocycles. The summed E-state index contributed by atoms with van der Waals surface area (Å²) in [6.45, 7) is 4.72. The number of hydrogen-bond donors (Lipinski definition) is 1. The maximum absolute atomic E-state index is 14.2. The monoisotopic (exact) mass is 494 g/mol. The lowest BCUT2D eigenvalue weighted by Gasteiger charge is -2.25. The van der Waals surface area contributed by atoms with Crippen LogP contribution in [0, 0.1) is 5.82 Å². The van der Waals surface area contributed by atoms with Gasteiger partial charge in [-0.05, 0) is 24.3 Å². The van der Waals surface area contributed by atoms with Crippen molar-refractivity contribution in [2.75, 3.05) is 51.9 Å². The van der Waals surface area contributed by atoms with E-state index in [0.717, 1.165) is 32.8 Å². The van der Waals surface area contributed by atoms with Crippen molar-refractivity contribution in [2.45, 2.75) is 0 Å². The highest BCUT2D eigenvalue weighted by Crippen LogP contribution is 2.35. The number of hydrogen-bond acceptors (Lipinski definition) is 7. The molecular weight excluding hydrogens is 470 g/mol. The zero-order valence-electron chi connectivity index (χ0n) is 18.1. The first-order valence-corrected chi connectivity index (χ1v) is 10.6. The van der Waals surface area contributed by atoms with Crippen LogP contribution in [0.3, 0.4) is 0 Å². The Morgan fingerprint density at radius 1 is 1.15 bits per heavy atom. The van der Waals surface area contributed by atoms with Crippen LogP contribution >= 0.6 is 24.0 Å². The molecule has 33 heavy (non-hydrogen) atoms. The van der Waals surface area contributed by atoms with Crippen LogP contribution < -0.4 is 14.8 Å². The van der Waals surface area contributed by atoms with Crippen LogP contribution in [0.4, 0.5) is 15.9 Å². The number of anilines is 2. The molecule has 1 aliphatic heterocycles. The quantitative estimate of drug-likeness (QED) is 0.448. The second-order valence-electron chi connectivity index (χ2n) is 7.19. The molecule has 1 N–H and O–H groups in total. The van der Waals surface area contributed by atoms with E-state index in [0.29, 0.717) is 39.8 Å². The normalized spacial score (nSPS) is 14.3. The summed E-state index contributed by atoms with van der Waals surface area (Å²) < 4.78 is 31.0. The summed E-state index contributed by atoms with van der Waals surface area (Å²) in [5, 5.41) is 4.00. The van der Waals surface area contributed by atoms with Crippen molar-refractivity contribution >= 4 is 46.4 Å². The van der Waals surface area contributed by atoms with Gasteiger partial charge in [0.05, 0.1) is 31.5 Å². The summed E-state index contributed by atoms with van der Waals surface area (Å²) in [5.74, 6) is 1.08. The average molecular weight is 495 g/mol. The van der Waals surface area contributed by atoms with E-state index in [1.165, 1.54) is 12.4 Å². The summed E-state index contributed by atoms with van der Waals surface area (Å²) >= 11 is 5.84. The fourth-order valence-corrected chi connectivity index (χ4v) is 3.53. The Balaban J connectivity index is 0.00000306. The summed E-state index contributed by atoms with van der Waals surface area (Å²) in [5.41, 5.74) is 0.907. The van der Waals surface area contributed by atoms with Gasteiger partial charge in [-0.3, -0.25) is 4.90 Å². The lowest BCUT2D eigenvalue weighted by atomic mass is 10.2. The Morgan fingerprint density at radius 2 is 1.97 bits per heavy atom. The molecule has 1 aliphatic rings. The molecule has 0 spiro atoms. The van der Waals surface area contributed by atoms with Crippen molar-refractivity contribution in [1.82, 2.24) is 14.9 Å². The van der Waals surface area contributed by atoms with Crippen LogP contribution in [0.15, 0.2) is 48.8 Å². The molecule has 0 saturated carbocycles. The average Bonchev–Trinajstić information content (AvgIpc) is 2.81. The molecule has 0 aliphatic carbocycles. The predicted octanol–water partition coefficient (Wildman–Crippen LogP) is 4.86. The molecule has 2 heterocycles. The molecule has 3 aromatic rings. The van der Waals surface area contributed by atoms with Gasteiger partial charge in [-0.1, -0.05) is 23.8 Å². The van der Waals surface area contributed by atoms with Crippen molar-refractivity contribution in [3.8, 4) is 11.5 Å². The third-order valence-corrected chi connectivity index (χ3v) is 5.31. The third kappa shape index (κ3) is 6.45. The number of nitrogens with zero attached hydrogens (tertiary/aromatic N) is 3. The molecule has 10 heteroatoms. The van der Waals surface area contributed by atoms with Gasteiger partial charge in [0.15, 0.2) is 11.5 Å². The first kappa shape index (κ1) is 25.0. The van der Waals surface area contributed by atoms with Gasteiger partial charge >= 0.3 is 0 Å². The summed E-state index contributed by atoms with van der Waals surface area (Å²) in [6.07, 6.45) is 5.48. The lowest BCUT2D eigenvalue weighted by Crippen LogP contribution is -2.36. The third-order valence-electron chi connectivity index (χ3n) is 5.07. The Morgan fingerprint density at radius 3 is 2.73 bits per heavy atom. The molecule has 4 rings (SSSR count). The Labute approximate surface area is 202 Å². The molecule has 2 aromatic carbocycles. The number of fused-ring (bicyclic) bond motifs is 1. The number of rotatable bonds is 8. The molecule has 0 unspecified atom stereocenters. The zero-order chi connectivity index (χ0) is 22.3. The summed E-state index contributed by atoms with van der Waals surface area (Å²) in [6, 6.07) is 7.97. The van der Waals surface area contributed by atoms with Gasteiger partial charge in [0.1, 0.15) is 24.6 Å². The number of morpholine rings is 1. The minimum Gasteiger partial charge on any atom is -0.493 e. The molecule has 1 saturated heterocycles. The summed E-state index contributed by atoms with van der Waals surface area (Å²) in [7, 11) is 1.57. The molecule has 0 radical (unpaired) electrons. The van der Waals surface area contributed by atoms with E-state index in [1.807, 2.05) is 6.08 Å². The van der Waals surface area contributed by atoms with Gasteiger partial charge in [0, 0.05) is 36.1 Å². The second-order valence-corrected chi connectivity index (χ2v) is 7.62. The fourth-order valence-electron chi connectivity index (χ4n) is 3.37. The highest BCUT2D eigenvalue weighted by molar-refractivity contribution is 6.30. The topological polar surface area (TPSA) is 68.7 Å². The SMILES string of the molecule is COc1cc2c(Nc3ccc(Cl)cc3F)ncnc2cc1OC/C=C/CN1CCOCC1.Cl. The van der Waals surface area contributed by atoms with Gasteiger partial charge < -0.3 is 19.5 Å². The van der Waals surface area contributed by atoms with Gasteiger partial charge in [0.2, 0.25) is 0 Å². The standard InChI is InChI=1S/C23H24ClFN4O3.ClH/c1-30-21-13-17-20(14-22(21)32-9-3-2-6-29-7-10-31-11-8-29)26-15-27-23(17)28-19-5-4-16(24)12-18(19)25;/h2-5,12-15H,6-11H2,1H3,(H,26,27,28);1H/b3-2+;. The van der Waals surface area contributed by atoms with E-state index in [-0.39, 0.29) is 18.1 Å². The van der Waals surface area contributed by atoms with E-state index in [4.69, 9.17) is 25.8 Å². The maximum atomic E-state index is 14.2. The number of aromatic nitrogens is 2. The Hall–Kier alpha value is -2.65. The minimum absolute atomic E-state index is 0. The van der Waals surface area contributed by atoms with E-state index < -0.39 is 5.82 Å². The van der Waals surface area contributed by atoms with Crippen LogP contribution in [0.1, 0.15) is 0 Å². The number of benzene rings is 2. The van der Waals surface area contributed by atoms with E-state index in [1.54, 1.807) is 31.4 Å². The number of halogens is 3. The number of ether oxygens (including phenoxy) is 3. The second kappa shape index (κ2) is 12.0. The van der Waals surface area contributed by atoms with Gasteiger partial charge in [-0.25, -0.2) is 14.4 Å². The molecule has 0 bridgehead atoms. The largest absolute Gasteiger partial charge is 0.493 e. The highest BCUT2D eigenvalue weighted by atomic mass is 35.5. The van der Waals surface area contributed by atoms with Crippen molar-refractivity contribution < 1.29 is 18.6 Å². The van der Waals surface area contributed by atoms with Crippen LogP contribution in [0.25, 0.3) is 10.9 Å². The fraction of sp³-hybridized carbons (Fsp3) is 0.304. The Bertz CT molecular complexity index is 1110. The highest BCUT2D eigenvalue weighted by Gasteiger charge is 2.13. The van der Waals surface area contributed by atoms with Gasteiger partial charge in [-0.2, -0.15) is 0 Å². The van der Waals surface area contributed by atoms with E-state index >= 15 is 0 Å². The van der Waals surface area contributed by atoms with E-state index in [2.05, 4.69) is 26.3 Å². The van der Waals surface area contributed by atoms with Crippen molar-refractivity contribution in [3.63, 3.8) is 0 Å². The molecular formula is C23H25Cl2FN4O3.